The van der Waals surface area contributed by atoms with E-state index in [4.69, 9.17) is 21.1 Å². The van der Waals surface area contributed by atoms with Crippen molar-refractivity contribution in [3.8, 4) is 0 Å². The van der Waals surface area contributed by atoms with Gasteiger partial charge in [-0.25, -0.2) is 14.8 Å². The van der Waals surface area contributed by atoms with E-state index in [1.807, 2.05) is 47.2 Å². The number of halogens is 1. The van der Waals surface area contributed by atoms with Gasteiger partial charge in [-0.3, -0.25) is 0 Å². The van der Waals surface area contributed by atoms with Crippen LogP contribution in [0.4, 0.5) is 5.95 Å². The molecule has 2 aromatic heterocycles. The third kappa shape index (κ3) is 4.15. The second kappa shape index (κ2) is 9.23. The Balaban J connectivity index is 1.45. The molecule has 1 aromatic carbocycles. The number of thioether (sulfide) groups is 1. The molecule has 0 saturated carbocycles. The number of benzene rings is 1. The van der Waals surface area contributed by atoms with Gasteiger partial charge >= 0.3 is 5.97 Å². The minimum atomic E-state index is -0.953. The van der Waals surface area contributed by atoms with Crippen LogP contribution in [-0.4, -0.2) is 42.2 Å². The maximum Gasteiger partial charge on any atom is 0.345 e. The van der Waals surface area contributed by atoms with E-state index in [2.05, 4.69) is 14.9 Å². The number of nitrogens with zero attached hydrogens (tertiary/aromatic N) is 3. The average molecular weight is 486 g/mol. The summed E-state index contributed by atoms with van der Waals surface area (Å²) < 4.78 is 11.5. The Morgan fingerprint density at radius 1 is 1.09 bits per heavy atom. The summed E-state index contributed by atoms with van der Waals surface area (Å²) in [6, 6.07) is 9.43. The van der Waals surface area contributed by atoms with Crippen LogP contribution in [-0.2, 0) is 19.9 Å². The molecule has 5 rings (SSSR count). The van der Waals surface area contributed by atoms with Gasteiger partial charge < -0.3 is 14.4 Å². The SMILES string of the molecule is O=C1OC(c2cnc(N3CCOCC3)nc2)(c2ccsc2)CC=C1Sc1ccccc1Cl. The maximum atomic E-state index is 13.1. The molecule has 32 heavy (non-hydrogen) atoms. The number of hydrogen-bond donors (Lipinski definition) is 0. The fraction of sp³-hybridized carbons (Fsp3) is 0.261. The lowest BCUT2D eigenvalue weighted by Gasteiger charge is -2.36. The van der Waals surface area contributed by atoms with Gasteiger partial charge in [-0.15, -0.1) is 0 Å². The topological polar surface area (TPSA) is 64.5 Å². The van der Waals surface area contributed by atoms with Crippen LogP contribution in [0.1, 0.15) is 17.5 Å². The first-order valence-corrected chi connectivity index (χ1v) is 12.3. The molecule has 0 amide bonds. The van der Waals surface area contributed by atoms with Crippen LogP contribution in [0.15, 0.2) is 69.4 Å². The molecule has 1 unspecified atom stereocenters. The number of carbonyl (C=O) groups excluding carboxylic acids is 1. The van der Waals surface area contributed by atoms with E-state index in [1.54, 1.807) is 23.7 Å². The normalized spacial score (nSPS) is 21.2. The van der Waals surface area contributed by atoms with Gasteiger partial charge in [0, 0.05) is 47.9 Å². The Labute approximate surface area is 199 Å². The highest BCUT2D eigenvalue weighted by atomic mass is 35.5. The summed E-state index contributed by atoms with van der Waals surface area (Å²) in [5, 5.41) is 4.59. The summed E-state index contributed by atoms with van der Waals surface area (Å²) in [7, 11) is 0. The van der Waals surface area contributed by atoms with E-state index in [9.17, 15) is 4.79 Å². The number of carbonyl (C=O) groups is 1. The molecule has 6 nitrogen and oxygen atoms in total. The minimum Gasteiger partial charge on any atom is -0.445 e. The highest BCUT2D eigenvalue weighted by Crippen LogP contribution is 2.45. The van der Waals surface area contributed by atoms with Crippen LogP contribution in [0.3, 0.4) is 0 Å². The second-order valence-electron chi connectivity index (χ2n) is 7.40. The Bertz CT molecular complexity index is 1130. The van der Waals surface area contributed by atoms with E-state index >= 15 is 0 Å². The van der Waals surface area contributed by atoms with Crippen LogP contribution >= 0.6 is 34.7 Å². The molecular weight excluding hydrogens is 466 g/mol. The molecule has 1 saturated heterocycles. The van der Waals surface area contributed by atoms with E-state index in [0.29, 0.717) is 35.5 Å². The molecule has 0 spiro atoms. The third-order valence-corrected chi connectivity index (χ3v) is 7.74. The number of ether oxygens (including phenoxy) is 2. The van der Waals surface area contributed by atoms with Crippen LogP contribution in [0, 0.1) is 0 Å². The van der Waals surface area contributed by atoms with Gasteiger partial charge in [0.2, 0.25) is 5.95 Å². The molecule has 1 atom stereocenters. The fourth-order valence-electron chi connectivity index (χ4n) is 3.77. The van der Waals surface area contributed by atoms with Crippen molar-refractivity contribution in [3.63, 3.8) is 0 Å². The summed E-state index contributed by atoms with van der Waals surface area (Å²) >= 11 is 9.16. The van der Waals surface area contributed by atoms with Gasteiger partial charge in [-0.05, 0) is 29.0 Å². The molecule has 2 aliphatic rings. The molecule has 164 valence electrons. The predicted octanol–water partition coefficient (Wildman–Crippen LogP) is 4.89. The highest BCUT2D eigenvalue weighted by molar-refractivity contribution is 8.04. The molecule has 3 aromatic rings. The summed E-state index contributed by atoms with van der Waals surface area (Å²) in [6.45, 7) is 2.85. The largest absolute Gasteiger partial charge is 0.445 e. The average Bonchev–Trinajstić information content (AvgIpc) is 3.38. The number of thiophene rings is 1. The van der Waals surface area contributed by atoms with Gasteiger partial charge in [0.25, 0.3) is 0 Å². The number of cyclic esters (lactones) is 1. The van der Waals surface area contributed by atoms with Crippen molar-refractivity contribution in [2.24, 2.45) is 0 Å². The molecule has 0 radical (unpaired) electrons. The first kappa shape index (κ1) is 21.5. The van der Waals surface area contributed by atoms with Crippen molar-refractivity contribution < 1.29 is 14.3 Å². The van der Waals surface area contributed by atoms with E-state index in [-0.39, 0.29) is 5.97 Å². The van der Waals surface area contributed by atoms with E-state index in [0.717, 1.165) is 29.1 Å². The van der Waals surface area contributed by atoms with Crippen LogP contribution in [0.25, 0.3) is 0 Å². The first-order valence-electron chi connectivity index (χ1n) is 10.2. The van der Waals surface area contributed by atoms with Crippen molar-refractivity contribution in [2.75, 3.05) is 31.2 Å². The van der Waals surface area contributed by atoms with Crippen molar-refractivity contribution in [1.29, 1.82) is 0 Å². The Morgan fingerprint density at radius 2 is 1.88 bits per heavy atom. The summed E-state index contributed by atoms with van der Waals surface area (Å²) in [5.41, 5.74) is 0.710. The summed E-state index contributed by atoms with van der Waals surface area (Å²) in [6.07, 6.45) is 5.95. The lowest BCUT2D eigenvalue weighted by atomic mass is 9.85. The minimum absolute atomic E-state index is 0.385. The molecule has 0 N–H and O–H groups in total. The predicted molar refractivity (Wildman–Crippen MR) is 126 cm³/mol. The van der Waals surface area contributed by atoms with Crippen molar-refractivity contribution in [3.05, 3.63) is 80.6 Å². The third-order valence-electron chi connectivity index (χ3n) is 5.49. The van der Waals surface area contributed by atoms with Gasteiger partial charge in [0.15, 0.2) is 5.60 Å². The van der Waals surface area contributed by atoms with E-state index in [1.165, 1.54) is 11.8 Å². The molecule has 0 aliphatic carbocycles. The van der Waals surface area contributed by atoms with Gasteiger partial charge in [0.05, 0.1) is 23.1 Å². The van der Waals surface area contributed by atoms with Crippen molar-refractivity contribution in [1.82, 2.24) is 9.97 Å². The second-order valence-corrected chi connectivity index (χ2v) is 9.68. The molecule has 0 bridgehead atoms. The number of hydrogen-bond acceptors (Lipinski definition) is 8. The zero-order valence-electron chi connectivity index (χ0n) is 17.1. The van der Waals surface area contributed by atoms with Crippen molar-refractivity contribution >= 4 is 46.6 Å². The van der Waals surface area contributed by atoms with Crippen LogP contribution in [0.5, 0.6) is 0 Å². The smallest absolute Gasteiger partial charge is 0.345 e. The zero-order valence-corrected chi connectivity index (χ0v) is 19.5. The molecule has 4 heterocycles. The summed E-state index contributed by atoms with van der Waals surface area (Å²) in [5.74, 6) is 0.273. The Hall–Kier alpha value is -2.39. The van der Waals surface area contributed by atoms with E-state index < -0.39 is 5.60 Å². The maximum absolute atomic E-state index is 13.1. The first-order chi connectivity index (χ1) is 15.7. The lowest BCUT2D eigenvalue weighted by molar-refractivity contribution is -0.152. The van der Waals surface area contributed by atoms with Crippen LogP contribution in [0.2, 0.25) is 5.02 Å². The lowest BCUT2D eigenvalue weighted by Crippen LogP contribution is -2.38. The highest BCUT2D eigenvalue weighted by Gasteiger charge is 2.43. The standard InChI is InChI=1S/C23H20ClN3O3S2/c24-18-3-1-2-4-19(18)32-20-5-7-23(30-21(20)28,16-6-12-31-15-16)17-13-25-22(26-14-17)27-8-10-29-11-9-27/h1-6,12-15H,7-11H2. The van der Waals surface area contributed by atoms with Gasteiger partial charge in [-0.2, -0.15) is 11.3 Å². The zero-order chi connectivity index (χ0) is 22.0. The molecule has 2 aliphatic heterocycles. The Kier molecular flexibility index (Phi) is 6.19. The molecule has 9 heteroatoms. The monoisotopic (exact) mass is 485 g/mol. The fourth-order valence-corrected chi connectivity index (χ4v) is 5.58. The van der Waals surface area contributed by atoms with Gasteiger partial charge in [0.1, 0.15) is 0 Å². The number of rotatable bonds is 5. The van der Waals surface area contributed by atoms with Crippen molar-refractivity contribution in [2.45, 2.75) is 16.9 Å². The molecular formula is C23H20ClN3O3S2. The van der Waals surface area contributed by atoms with Crippen LogP contribution < -0.4 is 4.90 Å². The molecule has 1 fully saturated rings. The number of aromatic nitrogens is 2. The number of esters is 1. The number of anilines is 1. The Morgan fingerprint density at radius 3 is 2.56 bits per heavy atom. The number of morpholine rings is 1. The summed E-state index contributed by atoms with van der Waals surface area (Å²) in [4.78, 5) is 25.7. The quantitative estimate of drug-likeness (QED) is 0.476. The van der Waals surface area contributed by atoms with Gasteiger partial charge in [-0.1, -0.05) is 41.6 Å².